The molecule has 1 fully saturated rings. The summed E-state index contributed by atoms with van der Waals surface area (Å²) in [5, 5.41) is 9.77. The first-order chi connectivity index (χ1) is 15.0. The fourth-order valence-electron chi connectivity index (χ4n) is 3.75. The molecule has 7 nitrogen and oxygen atoms in total. The number of guanidine groups is 1. The smallest absolute Gasteiger partial charge is 0.242 e. The van der Waals surface area contributed by atoms with E-state index in [2.05, 4.69) is 39.7 Å². The van der Waals surface area contributed by atoms with E-state index in [1.54, 1.807) is 0 Å². The molecule has 0 aromatic heterocycles. The second kappa shape index (κ2) is 12.1. The van der Waals surface area contributed by atoms with Crippen molar-refractivity contribution < 1.29 is 9.53 Å². The average Bonchev–Trinajstić information content (AvgIpc) is 2.70. The Morgan fingerprint density at radius 2 is 1.88 bits per heavy atom. The Morgan fingerprint density at radius 3 is 2.47 bits per heavy atom. The van der Waals surface area contributed by atoms with Crippen molar-refractivity contribution in [1.29, 1.82) is 0 Å². The lowest BCUT2D eigenvalue weighted by Crippen LogP contribution is -2.45. The molecule has 3 N–H and O–H groups in total. The van der Waals surface area contributed by atoms with E-state index in [4.69, 9.17) is 4.74 Å². The number of hydrogen-bond acceptors (Lipinski definition) is 4. The summed E-state index contributed by atoms with van der Waals surface area (Å²) >= 11 is 0. The molecule has 1 amide bonds. The predicted octanol–water partition coefficient (Wildman–Crippen LogP) is 3.87. The Hall–Kier alpha value is -2.28. The van der Waals surface area contributed by atoms with E-state index in [0.29, 0.717) is 17.9 Å². The summed E-state index contributed by atoms with van der Waals surface area (Å²) in [6, 6.07) is 8.37. The molecule has 0 radical (unpaired) electrons. The first-order valence-corrected chi connectivity index (χ1v) is 11.9. The van der Waals surface area contributed by atoms with Crippen LogP contribution in [0.1, 0.15) is 61.3 Å². The highest BCUT2D eigenvalue weighted by Crippen LogP contribution is 2.19. The van der Waals surface area contributed by atoms with Gasteiger partial charge in [0.15, 0.2) is 5.96 Å². The normalized spacial score (nSPS) is 18.0. The zero-order valence-corrected chi connectivity index (χ0v) is 21.0. The van der Waals surface area contributed by atoms with Gasteiger partial charge < -0.3 is 25.6 Å². The molecule has 1 aliphatic heterocycles. The second-order valence-corrected chi connectivity index (χ2v) is 10.3. The largest absolute Gasteiger partial charge is 0.491 e. The number of nitrogens with zero attached hydrogens (tertiary/aromatic N) is 2. The van der Waals surface area contributed by atoms with Gasteiger partial charge in [-0.3, -0.25) is 4.79 Å². The third-order valence-electron chi connectivity index (χ3n) is 5.22. The van der Waals surface area contributed by atoms with Crippen LogP contribution >= 0.6 is 0 Å². The zero-order chi connectivity index (χ0) is 23.7. The van der Waals surface area contributed by atoms with Gasteiger partial charge in [0, 0.05) is 30.4 Å². The van der Waals surface area contributed by atoms with Crippen LogP contribution in [0.4, 0.5) is 5.69 Å². The predicted molar refractivity (Wildman–Crippen MR) is 133 cm³/mol. The van der Waals surface area contributed by atoms with Crippen LogP contribution in [0.3, 0.4) is 0 Å². The number of likely N-dealkylation sites (tertiary alicyclic amines) is 1. The van der Waals surface area contributed by atoms with Crippen LogP contribution in [-0.4, -0.2) is 60.6 Å². The van der Waals surface area contributed by atoms with Crippen molar-refractivity contribution in [2.75, 3.05) is 31.5 Å². The third kappa shape index (κ3) is 9.90. The molecule has 0 aliphatic carbocycles. The SMILES string of the molecule is CC(C)Oc1ccc(NC(=NCC(=O)NC(C)(C)C)NCC2CCCN(C(C)C)C2)cc1. The molecule has 32 heavy (non-hydrogen) atoms. The monoisotopic (exact) mass is 445 g/mol. The van der Waals surface area contributed by atoms with E-state index in [1.807, 2.05) is 58.9 Å². The van der Waals surface area contributed by atoms with Crippen LogP contribution in [0, 0.1) is 5.92 Å². The molecule has 0 saturated carbocycles. The van der Waals surface area contributed by atoms with Gasteiger partial charge in [0.1, 0.15) is 12.3 Å². The summed E-state index contributed by atoms with van der Waals surface area (Å²) in [6.45, 7) is 17.6. The standard InChI is InChI=1S/C25H43N5O2/c1-18(2)30-14-8-9-20(17-30)15-26-24(27-16-23(31)29-25(5,6)7)28-21-10-12-22(13-11-21)32-19(3)4/h10-13,18-20H,8-9,14-17H2,1-7H3,(H,29,31)(H2,26,27,28). The molecule has 0 bridgehead atoms. The molecule has 180 valence electrons. The minimum Gasteiger partial charge on any atom is -0.491 e. The number of carbonyl (C=O) groups is 1. The molecular weight excluding hydrogens is 402 g/mol. The summed E-state index contributed by atoms with van der Waals surface area (Å²) in [5.41, 5.74) is 0.624. The number of ether oxygens (including phenoxy) is 1. The minimum absolute atomic E-state index is 0.0733. The maximum Gasteiger partial charge on any atom is 0.242 e. The Kier molecular flexibility index (Phi) is 9.82. The van der Waals surface area contributed by atoms with Crippen molar-refractivity contribution in [2.24, 2.45) is 10.9 Å². The van der Waals surface area contributed by atoms with Crippen LogP contribution in [-0.2, 0) is 4.79 Å². The van der Waals surface area contributed by atoms with Crippen molar-refractivity contribution in [3.8, 4) is 5.75 Å². The summed E-state index contributed by atoms with van der Waals surface area (Å²) in [5.74, 6) is 1.91. The number of benzene rings is 1. The Labute approximate surface area is 194 Å². The van der Waals surface area contributed by atoms with E-state index in [-0.39, 0.29) is 24.1 Å². The van der Waals surface area contributed by atoms with Gasteiger partial charge in [-0.05, 0) is 98.0 Å². The van der Waals surface area contributed by atoms with Crippen molar-refractivity contribution in [3.05, 3.63) is 24.3 Å². The van der Waals surface area contributed by atoms with Crippen molar-refractivity contribution in [1.82, 2.24) is 15.5 Å². The van der Waals surface area contributed by atoms with Crippen LogP contribution in [0.15, 0.2) is 29.3 Å². The number of hydrogen-bond donors (Lipinski definition) is 3. The highest BCUT2D eigenvalue weighted by molar-refractivity contribution is 5.95. The van der Waals surface area contributed by atoms with Gasteiger partial charge >= 0.3 is 0 Å². The summed E-state index contributed by atoms with van der Waals surface area (Å²) in [4.78, 5) is 19.4. The molecule has 0 spiro atoms. The topological polar surface area (TPSA) is 78.0 Å². The lowest BCUT2D eigenvalue weighted by Gasteiger charge is -2.35. The Bertz CT molecular complexity index is 738. The first-order valence-electron chi connectivity index (χ1n) is 11.9. The van der Waals surface area contributed by atoms with E-state index in [9.17, 15) is 4.79 Å². The van der Waals surface area contributed by atoms with E-state index in [0.717, 1.165) is 24.5 Å². The van der Waals surface area contributed by atoms with Crippen molar-refractivity contribution >= 4 is 17.6 Å². The summed E-state index contributed by atoms with van der Waals surface area (Å²) in [6.07, 6.45) is 2.56. The molecule has 7 heteroatoms. The summed E-state index contributed by atoms with van der Waals surface area (Å²) in [7, 11) is 0. The first kappa shape index (κ1) is 26.0. The number of amides is 1. The van der Waals surface area contributed by atoms with Gasteiger partial charge in [-0.2, -0.15) is 0 Å². The van der Waals surface area contributed by atoms with Gasteiger partial charge in [0.2, 0.25) is 5.91 Å². The Morgan fingerprint density at radius 1 is 1.19 bits per heavy atom. The van der Waals surface area contributed by atoms with Gasteiger partial charge in [-0.15, -0.1) is 0 Å². The number of carbonyl (C=O) groups excluding carboxylic acids is 1. The number of piperidine rings is 1. The zero-order valence-electron chi connectivity index (χ0n) is 21.0. The van der Waals surface area contributed by atoms with Crippen LogP contribution in [0.2, 0.25) is 0 Å². The van der Waals surface area contributed by atoms with E-state index >= 15 is 0 Å². The van der Waals surface area contributed by atoms with Crippen molar-refractivity contribution in [2.45, 2.75) is 79.0 Å². The number of anilines is 1. The molecule has 1 saturated heterocycles. The average molecular weight is 446 g/mol. The fourth-order valence-corrected chi connectivity index (χ4v) is 3.75. The second-order valence-electron chi connectivity index (χ2n) is 10.3. The lowest BCUT2D eigenvalue weighted by molar-refractivity contribution is -0.121. The van der Waals surface area contributed by atoms with Gasteiger partial charge in [0.05, 0.1) is 6.10 Å². The van der Waals surface area contributed by atoms with Crippen LogP contribution < -0.4 is 20.7 Å². The number of rotatable bonds is 8. The molecular formula is C25H43N5O2. The maximum absolute atomic E-state index is 12.3. The van der Waals surface area contributed by atoms with E-state index in [1.165, 1.54) is 19.4 Å². The quantitative estimate of drug-likeness (QED) is 0.418. The molecule has 2 rings (SSSR count). The molecule has 1 aromatic rings. The van der Waals surface area contributed by atoms with Crippen LogP contribution in [0.25, 0.3) is 0 Å². The molecule has 1 heterocycles. The van der Waals surface area contributed by atoms with Gasteiger partial charge in [-0.25, -0.2) is 4.99 Å². The fraction of sp³-hybridized carbons (Fsp3) is 0.680. The van der Waals surface area contributed by atoms with Crippen LogP contribution in [0.5, 0.6) is 5.75 Å². The summed E-state index contributed by atoms with van der Waals surface area (Å²) < 4.78 is 5.72. The molecule has 1 atom stereocenters. The Balaban J connectivity index is 2.03. The van der Waals surface area contributed by atoms with Crippen molar-refractivity contribution in [3.63, 3.8) is 0 Å². The third-order valence-corrected chi connectivity index (χ3v) is 5.22. The molecule has 1 aliphatic rings. The highest BCUT2D eigenvalue weighted by atomic mass is 16.5. The minimum atomic E-state index is -0.276. The number of aliphatic imine (C=N–C) groups is 1. The highest BCUT2D eigenvalue weighted by Gasteiger charge is 2.22. The van der Waals surface area contributed by atoms with Gasteiger partial charge in [0.25, 0.3) is 0 Å². The lowest BCUT2D eigenvalue weighted by atomic mass is 9.97. The van der Waals surface area contributed by atoms with E-state index < -0.39 is 0 Å². The van der Waals surface area contributed by atoms with Gasteiger partial charge in [-0.1, -0.05) is 0 Å². The molecule has 1 unspecified atom stereocenters. The number of nitrogens with one attached hydrogen (secondary N) is 3. The molecule has 1 aromatic carbocycles. The maximum atomic E-state index is 12.3.